The lowest BCUT2D eigenvalue weighted by Gasteiger charge is -2.32. The Balaban J connectivity index is 2.25. The molecule has 0 N–H and O–H groups in total. The largest absolute Gasteiger partial charge is 0.0593 e. The van der Waals surface area contributed by atoms with Gasteiger partial charge in [-0.1, -0.05) is 20.8 Å². The molecule has 0 aromatic heterocycles. The lowest BCUT2D eigenvalue weighted by molar-refractivity contribution is 0.266. The van der Waals surface area contributed by atoms with Crippen molar-refractivity contribution in [3.8, 4) is 0 Å². The van der Waals surface area contributed by atoms with Crippen molar-refractivity contribution in [1.82, 2.24) is 0 Å². The van der Waals surface area contributed by atoms with E-state index in [1.165, 1.54) is 19.3 Å². The van der Waals surface area contributed by atoms with Crippen LogP contribution in [0.4, 0.5) is 0 Å². The summed E-state index contributed by atoms with van der Waals surface area (Å²) < 4.78 is 0. The molecule has 0 heteroatoms. The quantitative estimate of drug-likeness (QED) is 0.481. The lowest BCUT2D eigenvalue weighted by atomic mass is 9.73. The first-order chi connectivity index (χ1) is 4.52. The van der Waals surface area contributed by atoms with Crippen molar-refractivity contribution in [1.29, 1.82) is 0 Å². The van der Waals surface area contributed by atoms with Crippen LogP contribution >= 0.6 is 0 Å². The van der Waals surface area contributed by atoms with Gasteiger partial charge in [0, 0.05) is 0 Å². The molecule has 0 aromatic rings. The summed E-state index contributed by atoms with van der Waals surface area (Å²) >= 11 is 0. The lowest BCUT2D eigenvalue weighted by Crippen LogP contribution is -2.23. The van der Waals surface area contributed by atoms with Crippen LogP contribution in [-0.2, 0) is 0 Å². The van der Waals surface area contributed by atoms with E-state index in [1.54, 1.807) is 0 Å². The van der Waals surface area contributed by atoms with Gasteiger partial charge in [-0.25, -0.2) is 0 Å². The maximum atomic E-state index is 2.59. The van der Waals surface area contributed by atoms with Gasteiger partial charge in [-0.2, -0.15) is 0 Å². The smallest absolute Gasteiger partial charge is 0.0267 e. The van der Waals surface area contributed by atoms with Gasteiger partial charge in [0.1, 0.15) is 0 Å². The second-order valence-electron chi connectivity index (χ2n) is 5.06. The molecule has 0 aromatic carbocycles. The van der Waals surface area contributed by atoms with Crippen LogP contribution in [0, 0.1) is 23.2 Å². The molecule has 57 valence electrons. The van der Waals surface area contributed by atoms with Gasteiger partial charge in [0.15, 0.2) is 0 Å². The fourth-order valence-electron chi connectivity index (χ4n) is 3.05. The van der Waals surface area contributed by atoms with Crippen LogP contribution in [0.3, 0.4) is 0 Å². The Bertz CT molecular complexity index is 155. The van der Waals surface area contributed by atoms with E-state index in [9.17, 15) is 0 Å². The van der Waals surface area contributed by atoms with Crippen molar-refractivity contribution in [2.45, 2.75) is 40.0 Å². The van der Waals surface area contributed by atoms with Gasteiger partial charge in [0.05, 0.1) is 0 Å². The van der Waals surface area contributed by atoms with E-state index >= 15 is 0 Å². The van der Waals surface area contributed by atoms with Crippen molar-refractivity contribution < 1.29 is 0 Å². The van der Waals surface area contributed by atoms with Gasteiger partial charge in [-0.15, -0.1) is 0 Å². The molecule has 2 saturated carbocycles. The maximum absolute atomic E-state index is 2.59. The third-order valence-corrected chi connectivity index (χ3v) is 3.55. The molecule has 0 saturated heterocycles. The molecule has 0 heterocycles. The molecule has 0 aliphatic heterocycles. The minimum atomic E-state index is 0.549. The molecule has 2 rings (SSSR count). The average molecular weight is 137 g/mol. The van der Waals surface area contributed by atoms with E-state index in [-0.39, 0.29) is 0 Å². The van der Waals surface area contributed by atoms with E-state index in [2.05, 4.69) is 27.2 Å². The summed E-state index contributed by atoms with van der Waals surface area (Å²) in [5, 5.41) is 0. The second kappa shape index (κ2) is 1.60. The standard InChI is InChI=1S/C10H17/c1-9(2)7-10(3)5-4-8(9)6-10/h7-8H,4-6H2,1-3H3/t8-,10+/m1/s1. The van der Waals surface area contributed by atoms with Crippen molar-refractivity contribution in [2.75, 3.05) is 0 Å². The van der Waals surface area contributed by atoms with Gasteiger partial charge >= 0.3 is 0 Å². The zero-order valence-electron chi connectivity index (χ0n) is 7.28. The minimum absolute atomic E-state index is 0.549. The third kappa shape index (κ3) is 0.741. The molecule has 1 radical (unpaired) electrons. The predicted octanol–water partition coefficient (Wildman–Crippen LogP) is 3.04. The molecule has 2 aliphatic carbocycles. The Kier molecular flexibility index (Phi) is 1.07. The van der Waals surface area contributed by atoms with Gasteiger partial charge in [0.2, 0.25) is 0 Å². The van der Waals surface area contributed by atoms with Crippen molar-refractivity contribution in [3.63, 3.8) is 0 Å². The molecule has 2 atom stereocenters. The summed E-state index contributed by atoms with van der Waals surface area (Å²) in [4.78, 5) is 0. The Hall–Kier alpha value is 0. The van der Waals surface area contributed by atoms with Crippen molar-refractivity contribution >= 4 is 0 Å². The molecular weight excluding hydrogens is 120 g/mol. The molecule has 0 amide bonds. The highest BCUT2D eigenvalue weighted by Gasteiger charge is 2.51. The van der Waals surface area contributed by atoms with Crippen LogP contribution < -0.4 is 0 Å². The highest BCUT2D eigenvalue weighted by atomic mass is 14.6. The zero-order chi connectivity index (χ0) is 7.41. The van der Waals surface area contributed by atoms with Crippen molar-refractivity contribution in [2.24, 2.45) is 16.7 Å². The average Bonchev–Trinajstić information content (AvgIpc) is 2.16. The number of hydrogen-bond donors (Lipinski definition) is 0. The predicted molar refractivity (Wildman–Crippen MR) is 43.5 cm³/mol. The fraction of sp³-hybridized carbons (Fsp3) is 0.900. The van der Waals surface area contributed by atoms with Gasteiger partial charge in [-0.3, -0.25) is 0 Å². The Morgan fingerprint density at radius 2 is 2.00 bits per heavy atom. The highest BCUT2D eigenvalue weighted by molar-refractivity contribution is 5.13. The molecule has 2 bridgehead atoms. The maximum Gasteiger partial charge on any atom is -0.0267 e. The molecule has 2 fully saturated rings. The molecular formula is C10H17. The first-order valence-electron chi connectivity index (χ1n) is 4.39. The SMILES string of the molecule is CC1(C)[CH][C@@]2(C)CC[C@@H]1C2. The summed E-state index contributed by atoms with van der Waals surface area (Å²) in [5.41, 5.74) is 1.17. The van der Waals surface area contributed by atoms with Crippen LogP contribution in [0.1, 0.15) is 40.0 Å². The monoisotopic (exact) mass is 137 g/mol. The van der Waals surface area contributed by atoms with E-state index in [0.717, 1.165) is 5.92 Å². The molecule has 2 aliphatic rings. The van der Waals surface area contributed by atoms with E-state index in [1.807, 2.05) is 0 Å². The highest BCUT2D eigenvalue weighted by Crippen LogP contribution is 2.61. The topological polar surface area (TPSA) is 0 Å². The van der Waals surface area contributed by atoms with Crippen LogP contribution in [0.15, 0.2) is 0 Å². The van der Waals surface area contributed by atoms with Crippen LogP contribution in [-0.4, -0.2) is 0 Å². The van der Waals surface area contributed by atoms with Crippen molar-refractivity contribution in [3.05, 3.63) is 6.42 Å². The molecule has 10 heavy (non-hydrogen) atoms. The normalized spacial score (nSPS) is 50.1. The Morgan fingerprint density at radius 3 is 2.20 bits per heavy atom. The molecule has 0 spiro atoms. The number of fused-ring (bicyclic) bond motifs is 2. The number of hydrogen-bond acceptors (Lipinski definition) is 0. The minimum Gasteiger partial charge on any atom is -0.0593 e. The van der Waals surface area contributed by atoms with Crippen LogP contribution in [0.25, 0.3) is 0 Å². The third-order valence-electron chi connectivity index (χ3n) is 3.55. The number of rotatable bonds is 0. The van der Waals surface area contributed by atoms with Gasteiger partial charge in [-0.05, 0) is 42.4 Å². The summed E-state index contributed by atoms with van der Waals surface area (Å²) in [6.45, 7) is 7.20. The summed E-state index contributed by atoms with van der Waals surface area (Å²) in [5.74, 6) is 0.998. The molecule has 0 nitrogen and oxygen atoms in total. The first kappa shape index (κ1) is 6.69. The van der Waals surface area contributed by atoms with E-state index < -0.39 is 0 Å². The van der Waals surface area contributed by atoms with Crippen LogP contribution in [0.2, 0.25) is 0 Å². The summed E-state index contributed by atoms with van der Waals surface area (Å²) in [7, 11) is 0. The zero-order valence-corrected chi connectivity index (χ0v) is 7.28. The van der Waals surface area contributed by atoms with E-state index in [4.69, 9.17) is 0 Å². The van der Waals surface area contributed by atoms with Gasteiger partial charge in [0.25, 0.3) is 0 Å². The fourth-order valence-corrected chi connectivity index (χ4v) is 3.05. The molecule has 0 unspecified atom stereocenters. The van der Waals surface area contributed by atoms with E-state index in [0.29, 0.717) is 10.8 Å². The van der Waals surface area contributed by atoms with Crippen LogP contribution in [0.5, 0.6) is 0 Å². The second-order valence-corrected chi connectivity index (χ2v) is 5.06. The first-order valence-corrected chi connectivity index (χ1v) is 4.39. The summed E-state index contributed by atoms with van der Waals surface area (Å²) in [6, 6.07) is 0. The Morgan fingerprint density at radius 1 is 1.30 bits per heavy atom. The van der Waals surface area contributed by atoms with Gasteiger partial charge < -0.3 is 0 Å². The summed E-state index contributed by atoms with van der Waals surface area (Å²) in [6.07, 6.45) is 6.97. The Labute approximate surface area is 64.0 Å².